The molecule has 0 unspecified atom stereocenters. The minimum absolute atomic E-state index is 0.0380. The summed E-state index contributed by atoms with van der Waals surface area (Å²) in [4.78, 5) is 16.5. The number of nitrogens with zero attached hydrogens (tertiary/aromatic N) is 5. The Morgan fingerprint density at radius 1 is 1.42 bits per heavy atom. The Morgan fingerprint density at radius 3 is 2.81 bits per heavy atom. The summed E-state index contributed by atoms with van der Waals surface area (Å²) in [5, 5.41) is 7.15. The van der Waals surface area contributed by atoms with Gasteiger partial charge in [-0.3, -0.25) is 9.48 Å². The molecule has 3 aromatic rings. The second-order valence-electron chi connectivity index (χ2n) is 5.52. The van der Waals surface area contributed by atoms with Crippen LogP contribution in [0.1, 0.15) is 34.5 Å². The topological polar surface area (TPSA) is 77.1 Å². The van der Waals surface area contributed by atoms with Gasteiger partial charge in [0.2, 0.25) is 0 Å². The van der Waals surface area contributed by atoms with Crippen molar-refractivity contribution in [3.05, 3.63) is 45.6 Å². The van der Waals surface area contributed by atoms with Crippen LogP contribution in [0.15, 0.2) is 22.8 Å². The first-order valence-electron chi connectivity index (χ1n) is 7.63. The van der Waals surface area contributed by atoms with Crippen molar-refractivity contribution in [2.45, 2.75) is 32.3 Å². The molecule has 0 aliphatic heterocycles. The van der Waals surface area contributed by atoms with E-state index in [0.717, 1.165) is 20.7 Å². The van der Waals surface area contributed by atoms with E-state index in [4.69, 9.17) is 11.6 Å². The van der Waals surface area contributed by atoms with Gasteiger partial charge in [0.1, 0.15) is 5.69 Å². The zero-order chi connectivity index (χ0) is 19.1. The van der Waals surface area contributed by atoms with Crippen molar-refractivity contribution >= 4 is 39.1 Å². The van der Waals surface area contributed by atoms with E-state index in [-0.39, 0.29) is 17.9 Å². The van der Waals surface area contributed by atoms with Gasteiger partial charge in [-0.15, -0.1) is 0 Å². The summed E-state index contributed by atoms with van der Waals surface area (Å²) in [6.45, 7) is 4.33. The van der Waals surface area contributed by atoms with Gasteiger partial charge < -0.3 is 5.32 Å². The molecule has 3 rings (SSSR count). The normalized spacial score (nSPS) is 11.9. The van der Waals surface area contributed by atoms with Crippen LogP contribution < -0.4 is 5.32 Å². The average molecular weight is 448 g/mol. The van der Waals surface area contributed by atoms with Crippen LogP contribution in [0, 0.1) is 6.92 Å². The minimum Gasteiger partial charge on any atom is -0.345 e. The van der Waals surface area contributed by atoms with Gasteiger partial charge in [-0.05, 0) is 47.4 Å². The molecule has 26 heavy (non-hydrogen) atoms. The van der Waals surface area contributed by atoms with E-state index in [1.807, 2.05) is 6.92 Å². The second-order valence-corrected chi connectivity index (χ2v) is 6.85. The Hall–Kier alpha value is -2.07. The summed E-state index contributed by atoms with van der Waals surface area (Å²) in [7, 11) is 0. The number of carbonyl (C=O) groups excluding carboxylic acids is 1. The fraction of sp³-hybridized carbons (Fsp3) is 0.333. The summed E-state index contributed by atoms with van der Waals surface area (Å²) in [5.74, 6) is -0.521. The third-order valence-corrected chi connectivity index (χ3v) is 4.55. The lowest BCUT2D eigenvalue weighted by Gasteiger charge is -2.10. The molecule has 0 bridgehead atoms. The maximum absolute atomic E-state index is 13.6. The molecule has 0 saturated carbocycles. The predicted molar refractivity (Wildman–Crippen MR) is 94.2 cm³/mol. The zero-order valence-electron chi connectivity index (χ0n) is 13.8. The van der Waals surface area contributed by atoms with Crippen LogP contribution >= 0.6 is 27.5 Å². The molecule has 0 aliphatic carbocycles. The summed E-state index contributed by atoms with van der Waals surface area (Å²) < 4.78 is 30.6. The van der Waals surface area contributed by atoms with Gasteiger partial charge in [-0.25, -0.2) is 9.50 Å². The zero-order valence-corrected chi connectivity index (χ0v) is 16.1. The van der Waals surface area contributed by atoms with E-state index >= 15 is 0 Å². The van der Waals surface area contributed by atoms with Gasteiger partial charge in [-0.1, -0.05) is 0 Å². The summed E-state index contributed by atoms with van der Waals surface area (Å²) in [6, 6.07) is 2.46. The number of rotatable bonds is 5. The quantitative estimate of drug-likeness (QED) is 0.609. The highest BCUT2D eigenvalue weighted by Crippen LogP contribution is 2.32. The standard InChI is InChI=1S/C15H14BrClF2N6O/c1-3-24-11(9(16)6-21-24)7-20-14(26)10-5-13-22-8(2)4-12(15(17,18)19)25(13)23-10/h4-6H,3,7H2,1-2H3,(H,20,26). The molecular formula is C15H14BrClF2N6O. The molecule has 3 heterocycles. The molecule has 0 spiro atoms. The number of halogens is 4. The molecular weight excluding hydrogens is 434 g/mol. The van der Waals surface area contributed by atoms with Crippen LogP contribution in [0.3, 0.4) is 0 Å². The first-order valence-corrected chi connectivity index (χ1v) is 8.80. The third kappa shape index (κ3) is 3.56. The number of alkyl halides is 3. The van der Waals surface area contributed by atoms with Crippen molar-refractivity contribution in [2.75, 3.05) is 0 Å². The molecule has 7 nitrogen and oxygen atoms in total. The van der Waals surface area contributed by atoms with Crippen LogP contribution in [0.25, 0.3) is 5.65 Å². The van der Waals surface area contributed by atoms with E-state index in [0.29, 0.717) is 12.2 Å². The van der Waals surface area contributed by atoms with Gasteiger partial charge in [0.05, 0.1) is 22.9 Å². The van der Waals surface area contributed by atoms with Crippen LogP contribution in [-0.2, 0) is 18.5 Å². The van der Waals surface area contributed by atoms with Crippen LogP contribution in [0.2, 0.25) is 0 Å². The third-order valence-electron chi connectivity index (χ3n) is 3.69. The molecule has 0 fully saturated rings. The highest BCUT2D eigenvalue weighted by molar-refractivity contribution is 9.10. The van der Waals surface area contributed by atoms with Crippen molar-refractivity contribution < 1.29 is 13.6 Å². The molecule has 1 N–H and O–H groups in total. The highest BCUT2D eigenvalue weighted by Gasteiger charge is 2.32. The SMILES string of the molecule is CCn1ncc(Br)c1CNC(=O)c1cc2nc(C)cc(C(F)(F)Cl)n2n1. The molecule has 0 aromatic carbocycles. The molecule has 11 heteroatoms. The fourth-order valence-corrected chi connectivity index (χ4v) is 3.07. The lowest BCUT2D eigenvalue weighted by atomic mass is 10.3. The fourth-order valence-electron chi connectivity index (χ4n) is 2.50. The Kier molecular flexibility index (Phi) is 4.98. The molecule has 0 aliphatic rings. The Bertz CT molecular complexity index is 981. The number of aromatic nitrogens is 5. The first-order chi connectivity index (χ1) is 12.2. The molecule has 1 amide bonds. The van der Waals surface area contributed by atoms with E-state index in [1.165, 1.54) is 6.07 Å². The molecule has 138 valence electrons. The maximum Gasteiger partial charge on any atom is 0.364 e. The summed E-state index contributed by atoms with van der Waals surface area (Å²) in [5.41, 5.74) is 0.656. The lowest BCUT2D eigenvalue weighted by molar-refractivity contribution is 0.0864. The van der Waals surface area contributed by atoms with E-state index in [9.17, 15) is 13.6 Å². The van der Waals surface area contributed by atoms with Gasteiger partial charge in [0, 0.05) is 18.3 Å². The monoisotopic (exact) mass is 446 g/mol. The summed E-state index contributed by atoms with van der Waals surface area (Å²) >= 11 is 8.51. The van der Waals surface area contributed by atoms with E-state index in [2.05, 4.69) is 36.4 Å². The Balaban J connectivity index is 1.88. The number of hydrogen-bond acceptors (Lipinski definition) is 4. The number of nitrogens with one attached hydrogen (secondary N) is 1. The molecule has 0 atom stereocenters. The van der Waals surface area contributed by atoms with Crippen LogP contribution in [0.5, 0.6) is 0 Å². The molecule has 3 aromatic heterocycles. The highest BCUT2D eigenvalue weighted by atomic mass is 79.9. The van der Waals surface area contributed by atoms with Crippen molar-refractivity contribution in [3.63, 3.8) is 0 Å². The average Bonchev–Trinajstić information content (AvgIpc) is 3.14. The van der Waals surface area contributed by atoms with Crippen LogP contribution in [-0.4, -0.2) is 30.3 Å². The van der Waals surface area contributed by atoms with Crippen molar-refractivity contribution in [2.24, 2.45) is 0 Å². The number of hydrogen-bond donors (Lipinski definition) is 1. The van der Waals surface area contributed by atoms with Gasteiger partial charge in [0.25, 0.3) is 5.91 Å². The first kappa shape index (κ1) is 18.7. The van der Waals surface area contributed by atoms with E-state index < -0.39 is 17.0 Å². The van der Waals surface area contributed by atoms with Crippen LogP contribution in [0.4, 0.5) is 8.78 Å². The number of fused-ring (bicyclic) bond motifs is 1. The number of amides is 1. The predicted octanol–water partition coefficient (Wildman–Crippen LogP) is 3.23. The summed E-state index contributed by atoms with van der Waals surface area (Å²) in [6.07, 6.45) is 1.64. The van der Waals surface area contributed by atoms with Crippen molar-refractivity contribution in [1.29, 1.82) is 0 Å². The minimum atomic E-state index is -3.63. The largest absolute Gasteiger partial charge is 0.364 e. The maximum atomic E-state index is 13.6. The molecule has 0 saturated heterocycles. The second kappa shape index (κ2) is 6.92. The van der Waals surface area contributed by atoms with Gasteiger partial charge in [-0.2, -0.15) is 19.0 Å². The Morgan fingerprint density at radius 2 is 2.15 bits per heavy atom. The number of aryl methyl sites for hydroxylation is 2. The van der Waals surface area contributed by atoms with Crippen molar-refractivity contribution in [3.8, 4) is 0 Å². The number of carbonyl (C=O) groups is 1. The van der Waals surface area contributed by atoms with E-state index in [1.54, 1.807) is 17.8 Å². The lowest BCUT2D eigenvalue weighted by Crippen LogP contribution is -2.25. The smallest absolute Gasteiger partial charge is 0.345 e. The van der Waals surface area contributed by atoms with Crippen molar-refractivity contribution in [1.82, 2.24) is 29.7 Å². The van der Waals surface area contributed by atoms with Gasteiger partial charge >= 0.3 is 5.38 Å². The Labute approximate surface area is 160 Å². The molecule has 0 radical (unpaired) electrons. The van der Waals surface area contributed by atoms with Gasteiger partial charge in [0.15, 0.2) is 11.3 Å².